The molecule has 2 rings (SSSR count). The van der Waals surface area contributed by atoms with Gasteiger partial charge in [0.1, 0.15) is 0 Å². The van der Waals surface area contributed by atoms with Crippen LogP contribution in [0.2, 0.25) is 5.02 Å². The second kappa shape index (κ2) is 7.09. The molecule has 2 aromatic carbocycles. The lowest BCUT2D eigenvalue weighted by Crippen LogP contribution is -2.32. The summed E-state index contributed by atoms with van der Waals surface area (Å²) in [5.41, 5.74) is 3.13. The van der Waals surface area contributed by atoms with Gasteiger partial charge in [-0.3, -0.25) is 9.59 Å². The molecule has 0 heterocycles. The van der Waals surface area contributed by atoms with Gasteiger partial charge >= 0.3 is 0 Å². The van der Waals surface area contributed by atoms with E-state index < -0.39 is 0 Å². The third kappa shape index (κ3) is 4.33. The monoisotopic (exact) mass is 316 g/mol. The van der Waals surface area contributed by atoms with Crippen LogP contribution in [-0.2, 0) is 4.79 Å². The largest absolute Gasteiger partial charge is 0.343 e. The lowest BCUT2D eigenvalue weighted by Gasteiger charge is -2.09. The molecular formula is C17H17ClN2O2. The van der Waals surface area contributed by atoms with Crippen LogP contribution < -0.4 is 10.6 Å². The number of aryl methyl sites for hydroxylation is 2. The van der Waals surface area contributed by atoms with Crippen molar-refractivity contribution in [1.29, 1.82) is 0 Å². The Balaban J connectivity index is 1.89. The van der Waals surface area contributed by atoms with E-state index in [1.54, 1.807) is 24.3 Å². The lowest BCUT2D eigenvalue weighted by atomic mass is 10.1. The molecule has 114 valence electrons. The maximum atomic E-state index is 11.9. The first-order valence-electron chi connectivity index (χ1n) is 6.86. The zero-order valence-corrected chi connectivity index (χ0v) is 13.2. The fourth-order valence-corrected chi connectivity index (χ4v) is 2.17. The normalized spacial score (nSPS) is 10.1. The summed E-state index contributed by atoms with van der Waals surface area (Å²) in [7, 11) is 0. The molecule has 0 unspecified atom stereocenters. The maximum Gasteiger partial charge on any atom is 0.251 e. The van der Waals surface area contributed by atoms with E-state index in [2.05, 4.69) is 10.6 Å². The summed E-state index contributed by atoms with van der Waals surface area (Å²) in [6, 6.07) is 12.5. The molecule has 2 N–H and O–H groups in total. The predicted octanol–water partition coefficient (Wildman–Crippen LogP) is 3.33. The molecule has 0 aliphatic heterocycles. The van der Waals surface area contributed by atoms with Gasteiger partial charge in [-0.1, -0.05) is 35.4 Å². The van der Waals surface area contributed by atoms with Crippen molar-refractivity contribution in [3.05, 3.63) is 64.2 Å². The Morgan fingerprint density at radius 1 is 1.00 bits per heavy atom. The Kier molecular flexibility index (Phi) is 5.17. The Morgan fingerprint density at radius 3 is 2.27 bits per heavy atom. The highest BCUT2D eigenvalue weighted by Crippen LogP contribution is 2.22. The lowest BCUT2D eigenvalue weighted by molar-refractivity contribution is -0.115. The molecule has 0 aromatic heterocycles. The van der Waals surface area contributed by atoms with Gasteiger partial charge in [0.15, 0.2) is 0 Å². The highest BCUT2D eigenvalue weighted by Gasteiger charge is 2.09. The van der Waals surface area contributed by atoms with Crippen LogP contribution in [0.4, 0.5) is 5.69 Å². The first-order chi connectivity index (χ1) is 10.5. The molecular weight excluding hydrogens is 300 g/mol. The van der Waals surface area contributed by atoms with Gasteiger partial charge in [0.25, 0.3) is 5.91 Å². The highest BCUT2D eigenvalue weighted by atomic mass is 35.5. The highest BCUT2D eigenvalue weighted by molar-refractivity contribution is 6.33. The second-order valence-corrected chi connectivity index (χ2v) is 5.49. The molecule has 5 heteroatoms. The predicted molar refractivity (Wildman–Crippen MR) is 88.3 cm³/mol. The summed E-state index contributed by atoms with van der Waals surface area (Å²) in [4.78, 5) is 23.8. The van der Waals surface area contributed by atoms with E-state index >= 15 is 0 Å². The molecule has 2 amide bonds. The van der Waals surface area contributed by atoms with Gasteiger partial charge < -0.3 is 10.6 Å². The average molecular weight is 317 g/mol. The van der Waals surface area contributed by atoms with Crippen molar-refractivity contribution < 1.29 is 9.59 Å². The van der Waals surface area contributed by atoms with Crippen LogP contribution in [0.15, 0.2) is 42.5 Å². The van der Waals surface area contributed by atoms with Crippen molar-refractivity contribution in [2.75, 3.05) is 11.9 Å². The van der Waals surface area contributed by atoms with Crippen LogP contribution in [0.3, 0.4) is 0 Å². The number of halogens is 1. The molecule has 0 bridgehead atoms. The minimum absolute atomic E-state index is 0.114. The van der Waals surface area contributed by atoms with E-state index in [4.69, 9.17) is 11.6 Å². The molecule has 4 nitrogen and oxygen atoms in total. The topological polar surface area (TPSA) is 58.2 Å². The number of rotatable bonds is 4. The Morgan fingerprint density at radius 2 is 1.64 bits per heavy atom. The standard InChI is InChI=1S/C17H17ClN2O2/c1-11-3-6-13(7-4-11)17(22)19-10-16(21)20-15-8-5-12(2)9-14(15)18/h3-9H,10H2,1-2H3,(H,19,22)(H,20,21). The van der Waals surface area contributed by atoms with Gasteiger partial charge in [-0.05, 0) is 43.7 Å². The zero-order chi connectivity index (χ0) is 16.1. The molecule has 0 saturated heterocycles. The van der Waals surface area contributed by atoms with Crippen molar-refractivity contribution >= 4 is 29.1 Å². The van der Waals surface area contributed by atoms with Gasteiger partial charge in [0, 0.05) is 5.56 Å². The van der Waals surface area contributed by atoms with Crippen LogP contribution in [-0.4, -0.2) is 18.4 Å². The second-order valence-electron chi connectivity index (χ2n) is 5.08. The SMILES string of the molecule is Cc1ccc(C(=O)NCC(=O)Nc2ccc(C)cc2Cl)cc1. The average Bonchev–Trinajstić information content (AvgIpc) is 2.48. The number of carbonyl (C=O) groups is 2. The van der Waals surface area contributed by atoms with E-state index in [9.17, 15) is 9.59 Å². The van der Waals surface area contributed by atoms with Crippen molar-refractivity contribution in [3.63, 3.8) is 0 Å². The van der Waals surface area contributed by atoms with Gasteiger partial charge in [-0.2, -0.15) is 0 Å². The van der Waals surface area contributed by atoms with E-state index in [1.807, 2.05) is 32.0 Å². The summed E-state index contributed by atoms with van der Waals surface area (Å²) in [5, 5.41) is 5.71. The number of anilines is 1. The number of amides is 2. The van der Waals surface area contributed by atoms with Crippen LogP contribution >= 0.6 is 11.6 Å². The fourth-order valence-electron chi connectivity index (χ4n) is 1.88. The quantitative estimate of drug-likeness (QED) is 0.909. The van der Waals surface area contributed by atoms with Crippen molar-refractivity contribution in [1.82, 2.24) is 5.32 Å². The Bertz CT molecular complexity index is 696. The van der Waals surface area contributed by atoms with Crippen LogP contribution in [0, 0.1) is 13.8 Å². The van der Waals surface area contributed by atoms with Gasteiger partial charge in [0.05, 0.1) is 17.3 Å². The smallest absolute Gasteiger partial charge is 0.251 e. The molecule has 0 aliphatic rings. The molecule has 0 fully saturated rings. The molecule has 2 aromatic rings. The molecule has 0 atom stereocenters. The first kappa shape index (κ1) is 16.0. The Hall–Kier alpha value is -2.33. The van der Waals surface area contributed by atoms with E-state index in [0.717, 1.165) is 11.1 Å². The van der Waals surface area contributed by atoms with Crippen molar-refractivity contribution in [2.45, 2.75) is 13.8 Å². The first-order valence-corrected chi connectivity index (χ1v) is 7.24. The minimum atomic E-state index is -0.328. The molecule has 0 aliphatic carbocycles. The zero-order valence-electron chi connectivity index (χ0n) is 12.4. The van der Waals surface area contributed by atoms with E-state index in [1.165, 1.54) is 0 Å². The summed E-state index contributed by atoms with van der Waals surface area (Å²) in [6.45, 7) is 3.75. The summed E-state index contributed by atoms with van der Waals surface area (Å²) < 4.78 is 0. The van der Waals surface area contributed by atoms with Crippen LogP contribution in [0.1, 0.15) is 21.5 Å². The fraction of sp³-hybridized carbons (Fsp3) is 0.176. The third-order valence-electron chi connectivity index (χ3n) is 3.12. The maximum absolute atomic E-state index is 11.9. The Labute approximate surface area is 134 Å². The minimum Gasteiger partial charge on any atom is -0.343 e. The molecule has 0 saturated carbocycles. The summed E-state index contributed by atoms with van der Waals surface area (Å²) in [6.07, 6.45) is 0. The van der Waals surface area contributed by atoms with Crippen LogP contribution in [0.5, 0.6) is 0 Å². The number of nitrogens with one attached hydrogen (secondary N) is 2. The summed E-state index contributed by atoms with van der Waals surface area (Å²) in [5.74, 6) is -0.614. The number of hydrogen-bond acceptors (Lipinski definition) is 2. The number of hydrogen-bond donors (Lipinski definition) is 2. The molecule has 0 spiro atoms. The van der Waals surface area contributed by atoms with E-state index in [0.29, 0.717) is 16.3 Å². The number of carbonyl (C=O) groups excluding carboxylic acids is 2. The van der Waals surface area contributed by atoms with Crippen molar-refractivity contribution in [2.24, 2.45) is 0 Å². The number of benzene rings is 2. The van der Waals surface area contributed by atoms with Gasteiger partial charge in [-0.15, -0.1) is 0 Å². The van der Waals surface area contributed by atoms with Crippen LogP contribution in [0.25, 0.3) is 0 Å². The third-order valence-corrected chi connectivity index (χ3v) is 3.43. The summed E-state index contributed by atoms with van der Waals surface area (Å²) >= 11 is 6.04. The molecule has 22 heavy (non-hydrogen) atoms. The van der Waals surface area contributed by atoms with Gasteiger partial charge in [-0.25, -0.2) is 0 Å². The van der Waals surface area contributed by atoms with E-state index in [-0.39, 0.29) is 18.4 Å². The molecule has 0 radical (unpaired) electrons. The van der Waals surface area contributed by atoms with Crippen molar-refractivity contribution in [3.8, 4) is 0 Å². The van der Waals surface area contributed by atoms with Gasteiger partial charge in [0.2, 0.25) is 5.91 Å².